The maximum Gasteiger partial charge on any atom is 0.227 e. The third kappa shape index (κ3) is 5.34. The van der Waals surface area contributed by atoms with Crippen molar-refractivity contribution in [3.63, 3.8) is 0 Å². The average molecular weight is 354 g/mol. The fourth-order valence-electron chi connectivity index (χ4n) is 2.68. The minimum Gasteiger partial charge on any atom is -0.550 e. The lowest BCUT2D eigenvalue weighted by Gasteiger charge is -2.24. The molecule has 2 aromatic rings. The van der Waals surface area contributed by atoms with Gasteiger partial charge in [0.2, 0.25) is 5.91 Å². The van der Waals surface area contributed by atoms with Crippen LogP contribution in [0.25, 0.3) is 0 Å². The molecule has 0 aliphatic carbocycles. The summed E-state index contributed by atoms with van der Waals surface area (Å²) in [5.74, 6) is -2.49. The Balaban J connectivity index is 2.04. The van der Waals surface area contributed by atoms with Crippen LogP contribution in [0.5, 0.6) is 5.75 Å². The second kappa shape index (κ2) is 9.04. The van der Waals surface area contributed by atoms with Crippen molar-refractivity contribution in [1.82, 2.24) is 0 Å². The van der Waals surface area contributed by atoms with Gasteiger partial charge < -0.3 is 20.0 Å². The molecule has 0 bridgehead atoms. The summed E-state index contributed by atoms with van der Waals surface area (Å²) in [6, 6.07) is 14.6. The van der Waals surface area contributed by atoms with Crippen molar-refractivity contribution in [3.8, 4) is 5.75 Å². The monoisotopic (exact) mass is 354 g/mol. The lowest BCUT2D eigenvalue weighted by atomic mass is 9.87. The molecular weight excluding hydrogens is 330 g/mol. The van der Waals surface area contributed by atoms with Crippen molar-refractivity contribution in [2.24, 2.45) is 11.8 Å². The molecule has 0 aliphatic rings. The molecule has 0 heterocycles. The lowest BCUT2D eigenvalue weighted by Crippen LogP contribution is -2.40. The first-order valence-electron chi connectivity index (χ1n) is 8.70. The standard InChI is InChI=1S/C21H25NO4/c1-4-26-18-11-9-17(10-12-18)22-20(23)15(3)19(21(24)25)13-16-7-5-14(2)6-8-16/h5-12,15,19H,4,13H2,1-3H3,(H,22,23)(H,24,25)/p-1/t15-,19+/m1/s1. The molecular formula is C21H24NO4-. The van der Waals surface area contributed by atoms with Crippen molar-refractivity contribution >= 4 is 17.6 Å². The van der Waals surface area contributed by atoms with E-state index >= 15 is 0 Å². The molecule has 2 aromatic carbocycles. The topological polar surface area (TPSA) is 78.5 Å². The zero-order valence-electron chi connectivity index (χ0n) is 15.3. The first-order chi connectivity index (χ1) is 12.4. The fourth-order valence-corrected chi connectivity index (χ4v) is 2.68. The number of hydrogen-bond donors (Lipinski definition) is 1. The van der Waals surface area contributed by atoms with Gasteiger partial charge in [0.15, 0.2) is 0 Å². The Labute approximate surface area is 154 Å². The molecule has 138 valence electrons. The molecule has 2 atom stereocenters. The average Bonchev–Trinajstić information content (AvgIpc) is 2.62. The summed E-state index contributed by atoms with van der Waals surface area (Å²) >= 11 is 0. The van der Waals surface area contributed by atoms with Crippen LogP contribution in [0.3, 0.4) is 0 Å². The molecule has 1 N–H and O–H groups in total. The van der Waals surface area contributed by atoms with Crippen LogP contribution in [0.1, 0.15) is 25.0 Å². The fraction of sp³-hybridized carbons (Fsp3) is 0.333. The molecule has 5 heteroatoms. The molecule has 0 aliphatic heterocycles. The first kappa shape index (κ1) is 19.5. The number of aryl methyl sites for hydroxylation is 1. The first-order valence-corrected chi connectivity index (χ1v) is 8.70. The highest BCUT2D eigenvalue weighted by Gasteiger charge is 2.25. The number of carbonyl (C=O) groups is 2. The normalized spacial score (nSPS) is 12.9. The zero-order valence-corrected chi connectivity index (χ0v) is 15.3. The molecule has 2 rings (SSSR count). The van der Waals surface area contributed by atoms with Crippen LogP contribution < -0.4 is 15.2 Å². The lowest BCUT2D eigenvalue weighted by molar-refractivity contribution is -0.312. The molecule has 0 radical (unpaired) electrons. The Morgan fingerprint density at radius 2 is 1.69 bits per heavy atom. The van der Waals surface area contributed by atoms with Crippen molar-refractivity contribution < 1.29 is 19.4 Å². The third-order valence-corrected chi connectivity index (χ3v) is 4.33. The summed E-state index contributed by atoms with van der Waals surface area (Å²) < 4.78 is 5.36. The van der Waals surface area contributed by atoms with Gasteiger partial charge in [0.1, 0.15) is 5.75 Å². The van der Waals surface area contributed by atoms with E-state index in [4.69, 9.17) is 4.74 Å². The van der Waals surface area contributed by atoms with E-state index in [1.54, 1.807) is 31.2 Å². The molecule has 26 heavy (non-hydrogen) atoms. The summed E-state index contributed by atoms with van der Waals surface area (Å²) in [7, 11) is 0. The van der Waals surface area contributed by atoms with Crippen molar-refractivity contribution in [1.29, 1.82) is 0 Å². The number of rotatable bonds is 8. The van der Waals surface area contributed by atoms with Gasteiger partial charge >= 0.3 is 0 Å². The number of amides is 1. The number of carboxylic acids is 1. The molecule has 0 aromatic heterocycles. The Hall–Kier alpha value is -2.82. The van der Waals surface area contributed by atoms with E-state index in [-0.39, 0.29) is 12.3 Å². The number of ether oxygens (including phenoxy) is 1. The number of aliphatic carboxylic acids is 1. The zero-order chi connectivity index (χ0) is 19.1. The Morgan fingerprint density at radius 3 is 2.23 bits per heavy atom. The van der Waals surface area contributed by atoms with E-state index in [0.29, 0.717) is 18.0 Å². The van der Waals surface area contributed by atoms with E-state index in [1.807, 2.05) is 38.1 Å². The summed E-state index contributed by atoms with van der Waals surface area (Å²) in [5, 5.41) is 14.3. The van der Waals surface area contributed by atoms with Gasteiger partial charge in [-0.05, 0) is 50.1 Å². The van der Waals surface area contributed by atoms with Crippen LogP contribution >= 0.6 is 0 Å². The minimum absolute atomic E-state index is 0.250. The van der Waals surface area contributed by atoms with Gasteiger partial charge in [0, 0.05) is 23.5 Å². The molecule has 1 amide bonds. The molecule has 0 fully saturated rings. The van der Waals surface area contributed by atoms with Gasteiger partial charge in [-0.2, -0.15) is 0 Å². The maximum atomic E-state index is 12.5. The second-order valence-electron chi connectivity index (χ2n) is 6.35. The van der Waals surface area contributed by atoms with Crippen LogP contribution in [0.15, 0.2) is 48.5 Å². The smallest absolute Gasteiger partial charge is 0.227 e. The Morgan fingerprint density at radius 1 is 1.08 bits per heavy atom. The molecule has 5 nitrogen and oxygen atoms in total. The van der Waals surface area contributed by atoms with Crippen LogP contribution in [0, 0.1) is 18.8 Å². The Bertz CT molecular complexity index is 738. The van der Waals surface area contributed by atoms with E-state index in [2.05, 4.69) is 5.32 Å². The largest absolute Gasteiger partial charge is 0.550 e. The van der Waals surface area contributed by atoms with Gasteiger partial charge in [0.25, 0.3) is 0 Å². The summed E-state index contributed by atoms with van der Waals surface area (Å²) in [4.78, 5) is 24.1. The second-order valence-corrected chi connectivity index (χ2v) is 6.35. The number of benzene rings is 2. The van der Waals surface area contributed by atoms with Crippen LogP contribution in [-0.2, 0) is 16.0 Å². The SMILES string of the molecule is CCOc1ccc(NC(=O)[C@H](C)[C@H](Cc2ccc(C)cc2)C(=O)[O-])cc1. The highest BCUT2D eigenvalue weighted by atomic mass is 16.5. The van der Waals surface area contributed by atoms with Crippen LogP contribution in [-0.4, -0.2) is 18.5 Å². The highest BCUT2D eigenvalue weighted by molar-refractivity contribution is 5.94. The van der Waals surface area contributed by atoms with Gasteiger partial charge in [-0.3, -0.25) is 4.79 Å². The predicted octanol–water partition coefficient (Wildman–Crippen LogP) is 2.58. The highest BCUT2D eigenvalue weighted by Crippen LogP contribution is 2.21. The van der Waals surface area contributed by atoms with E-state index in [9.17, 15) is 14.7 Å². The molecule has 0 saturated carbocycles. The van der Waals surface area contributed by atoms with Gasteiger partial charge in [-0.25, -0.2) is 0 Å². The summed E-state index contributed by atoms with van der Waals surface area (Å²) in [5.41, 5.74) is 2.56. The minimum atomic E-state index is -1.22. The number of nitrogens with one attached hydrogen (secondary N) is 1. The quantitative estimate of drug-likeness (QED) is 0.790. The number of carboxylic acid groups (broad SMARTS) is 1. The van der Waals surface area contributed by atoms with Crippen molar-refractivity contribution in [2.45, 2.75) is 27.2 Å². The van der Waals surface area contributed by atoms with E-state index in [0.717, 1.165) is 11.1 Å². The van der Waals surface area contributed by atoms with Gasteiger partial charge in [-0.1, -0.05) is 36.8 Å². The predicted molar refractivity (Wildman–Crippen MR) is 98.8 cm³/mol. The van der Waals surface area contributed by atoms with E-state index < -0.39 is 17.8 Å². The number of anilines is 1. The van der Waals surface area contributed by atoms with Crippen LogP contribution in [0.2, 0.25) is 0 Å². The van der Waals surface area contributed by atoms with Gasteiger partial charge in [0.05, 0.1) is 6.61 Å². The molecule has 0 spiro atoms. The Kier molecular flexibility index (Phi) is 6.78. The van der Waals surface area contributed by atoms with Crippen molar-refractivity contribution in [3.05, 3.63) is 59.7 Å². The molecule has 0 saturated heterocycles. The van der Waals surface area contributed by atoms with E-state index in [1.165, 1.54) is 0 Å². The van der Waals surface area contributed by atoms with Crippen molar-refractivity contribution in [2.75, 3.05) is 11.9 Å². The maximum absolute atomic E-state index is 12.5. The third-order valence-electron chi connectivity index (χ3n) is 4.33. The van der Waals surface area contributed by atoms with Crippen LogP contribution in [0.4, 0.5) is 5.69 Å². The number of hydrogen-bond acceptors (Lipinski definition) is 4. The summed E-state index contributed by atoms with van der Waals surface area (Å²) in [6.07, 6.45) is 0.250. The van der Waals surface area contributed by atoms with Gasteiger partial charge in [-0.15, -0.1) is 0 Å². The summed E-state index contributed by atoms with van der Waals surface area (Å²) in [6.45, 7) is 6.03. The number of carbonyl (C=O) groups excluding carboxylic acids is 2. The molecule has 0 unspecified atom stereocenters.